The maximum absolute atomic E-state index is 6.37. The van der Waals surface area contributed by atoms with Gasteiger partial charge >= 0.3 is 0 Å². The summed E-state index contributed by atoms with van der Waals surface area (Å²) in [6, 6.07) is 63.8. The Morgan fingerprint density at radius 1 is 0.260 bits per heavy atom. The number of rotatable bonds is 6. The minimum Gasteiger partial charge on any atom is -0.456 e. The van der Waals surface area contributed by atoms with E-state index in [9.17, 15) is 0 Å². The van der Waals surface area contributed by atoms with Gasteiger partial charge < -0.3 is 18.6 Å². The van der Waals surface area contributed by atoms with Crippen LogP contribution >= 0.6 is 0 Å². The highest BCUT2D eigenvalue weighted by atomic mass is 16.3. The zero-order valence-electron chi connectivity index (χ0n) is 27.0. The Morgan fingerprint density at radius 2 is 0.640 bits per heavy atom. The molecule has 0 saturated heterocycles. The fourth-order valence-corrected chi connectivity index (χ4v) is 7.26. The fraction of sp³-hybridized carbons (Fsp3) is 0. The van der Waals surface area contributed by atoms with Crippen molar-refractivity contribution in [1.82, 2.24) is 0 Å². The molecule has 10 aromatic rings. The Labute approximate surface area is 288 Å². The summed E-state index contributed by atoms with van der Waals surface area (Å²) in [7, 11) is 0. The van der Waals surface area contributed by atoms with Crippen LogP contribution in [-0.4, -0.2) is 0 Å². The van der Waals surface area contributed by atoms with E-state index in [4.69, 9.17) is 8.83 Å². The lowest BCUT2D eigenvalue weighted by atomic mass is 10.1. The van der Waals surface area contributed by atoms with Crippen LogP contribution in [0.2, 0.25) is 0 Å². The molecule has 0 saturated carbocycles. The van der Waals surface area contributed by atoms with E-state index in [1.165, 1.54) is 5.39 Å². The van der Waals surface area contributed by atoms with Crippen LogP contribution in [0.3, 0.4) is 0 Å². The van der Waals surface area contributed by atoms with Gasteiger partial charge in [0.2, 0.25) is 0 Å². The molecule has 0 aliphatic rings. The third-order valence-electron chi connectivity index (χ3n) is 9.59. The summed E-state index contributed by atoms with van der Waals surface area (Å²) in [6.07, 6.45) is 0. The van der Waals surface area contributed by atoms with Crippen molar-refractivity contribution in [3.8, 4) is 0 Å². The first-order chi connectivity index (χ1) is 24.8. The largest absolute Gasteiger partial charge is 0.456 e. The van der Waals surface area contributed by atoms with E-state index in [-0.39, 0.29) is 0 Å². The summed E-state index contributed by atoms with van der Waals surface area (Å²) >= 11 is 0. The predicted molar refractivity (Wildman–Crippen MR) is 208 cm³/mol. The Morgan fingerprint density at radius 3 is 1.14 bits per heavy atom. The van der Waals surface area contributed by atoms with E-state index in [2.05, 4.69) is 168 Å². The number of para-hydroxylation sites is 4. The molecule has 0 N–H and O–H groups in total. The van der Waals surface area contributed by atoms with E-state index in [0.29, 0.717) is 0 Å². The van der Waals surface area contributed by atoms with Crippen molar-refractivity contribution < 1.29 is 8.83 Å². The first-order valence-electron chi connectivity index (χ1n) is 16.8. The number of hydrogen-bond donors (Lipinski definition) is 0. The van der Waals surface area contributed by atoms with Gasteiger partial charge in [-0.15, -0.1) is 0 Å². The maximum atomic E-state index is 6.37. The van der Waals surface area contributed by atoms with Crippen molar-refractivity contribution in [3.05, 3.63) is 182 Å². The summed E-state index contributed by atoms with van der Waals surface area (Å²) in [4.78, 5) is 4.59. The van der Waals surface area contributed by atoms with Crippen LogP contribution in [0, 0.1) is 0 Å². The number of furan rings is 2. The SMILES string of the molecule is c1ccc(N(c2ccccc2)c2ccc3ccc(N(c4ccc5c(c4)oc4ccccc45)c4ccc5c(c4)oc4ccccc45)cc3c2)cc1. The Bertz CT molecular complexity index is 2680. The first-order valence-corrected chi connectivity index (χ1v) is 16.8. The van der Waals surface area contributed by atoms with Gasteiger partial charge in [0.1, 0.15) is 22.3 Å². The number of benzene rings is 8. The molecule has 0 amide bonds. The van der Waals surface area contributed by atoms with Crippen LogP contribution in [0.5, 0.6) is 0 Å². The van der Waals surface area contributed by atoms with Crippen molar-refractivity contribution in [1.29, 1.82) is 0 Å². The molecule has 50 heavy (non-hydrogen) atoms. The number of fused-ring (bicyclic) bond motifs is 7. The van der Waals surface area contributed by atoms with Crippen molar-refractivity contribution in [3.63, 3.8) is 0 Å². The second kappa shape index (κ2) is 11.4. The van der Waals surface area contributed by atoms with Crippen molar-refractivity contribution >= 4 is 88.8 Å². The van der Waals surface area contributed by atoms with Gasteiger partial charge in [0.05, 0.1) is 0 Å². The lowest BCUT2D eigenvalue weighted by Gasteiger charge is -2.27. The average Bonchev–Trinajstić information content (AvgIpc) is 3.73. The number of anilines is 6. The second-order valence-corrected chi connectivity index (χ2v) is 12.6. The smallest absolute Gasteiger partial charge is 0.137 e. The van der Waals surface area contributed by atoms with Crippen molar-refractivity contribution in [2.45, 2.75) is 0 Å². The maximum Gasteiger partial charge on any atom is 0.137 e. The second-order valence-electron chi connectivity index (χ2n) is 12.6. The van der Waals surface area contributed by atoms with Gasteiger partial charge in [-0.05, 0) is 95.7 Å². The van der Waals surface area contributed by atoms with Crippen LogP contribution < -0.4 is 9.80 Å². The van der Waals surface area contributed by atoms with E-state index in [0.717, 1.165) is 83.4 Å². The monoisotopic (exact) mass is 642 g/mol. The molecule has 4 heteroatoms. The summed E-state index contributed by atoms with van der Waals surface area (Å²) < 4.78 is 12.7. The summed E-state index contributed by atoms with van der Waals surface area (Å²) in [5, 5.41) is 6.73. The van der Waals surface area contributed by atoms with E-state index in [1.54, 1.807) is 0 Å². The average molecular weight is 643 g/mol. The van der Waals surface area contributed by atoms with Crippen LogP contribution in [-0.2, 0) is 0 Å². The minimum atomic E-state index is 0.850. The molecule has 0 aliphatic carbocycles. The van der Waals surface area contributed by atoms with Crippen LogP contribution in [0.1, 0.15) is 0 Å². The molecule has 2 aromatic heterocycles. The summed E-state index contributed by atoms with van der Waals surface area (Å²) in [5.74, 6) is 0. The lowest BCUT2D eigenvalue weighted by molar-refractivity contribution is 0.669. The molecular formula is C46H30N2O2. The molecule has 2 heterocycles. The van der Waals surface area contributed by atoms with Gasteiger partial charge in [-0.25, -0.2) is 0 Å². The van der Waals surface area contributed by atoms with Gasteiger partial charge in [0.25, 0.3) is 0 Å². The third-order valence-corrected chi connectivity index (χ3v) is 9.59. The predicted octanol–water partition coefficient (Wildman–Crippen LogP) is 13.6. The summed E-state index contributed by atoms with van der Waals surface area (Å²) in [6.45, 7) is 0. The zero-order valence-corrected chi connectivity index (χ0v) is 27.0. The van der Waals surface area contributed by atoms with Gasteiger partial charge in [-0.3, -0.25) is 0 Å². The van der Waals surface area contributed by atoms with Gasteiger partial charge in [-0.2, -0.15) is 0 Å². The normalized spacial score (nSPS) is 11.6. The highest BCUT2D eigenvalue weighted by Gasteiger charge is 2.19. The topological polar surface area (TPSA) is 32.8 Å². The van der Waals surface area contributed by atoms with Crippen LogP contribution in [0.15, 0.2) is 191 Å². The first kappa shape index (κ1) is 28.3. The van der Waals surface area contributed by atoms with E-state index < -0.39 is 0 Å². The van der Waals surface area contributed by atoms with Crippen LogP contribution in [0.25, 0.3) is 54.6 Å². The molecule has 236 valence electrons. The Hall–Kier alpha value is -6.78. The molecule has 10 rings (SSSR count). The van der Waals surface area contributed by atoms with E-state index in [1.807, 2.05) is 24.3 Å². The molecule has 0 spiro atoms. The van der Waals surface area contributed by atoms with Gasteiger partial charge in [0, 0.05) is 67.8 Å². The van der Waals surface area contributed by atoms with E-state index >= 15 is 0 Å². The van der Waals surface area contributed by atoms with Gasteiger partial charge in [0.15, 0.2) is 0 Å². The molecule has 0 atom stereocenters. The Balaban J connectivity index is 1.16. The molecule has 8 aromatic carbocycles. The third kappa shape index (κ3) is 4.69. The van der Waals surface area contributed by atoms with Crippen molar-refractivity contribution in [2.75, 3.05) is 9.80 Å². The number of nitrogens with zero attached hydrogens (tertiary/aromatic N) is 2. The molecular weight excluding hydrogens is 613 g/mol. The highest BCUT2D eigenvalue weighted by Crippen LogP contribution is 2.42. The molecule has 4 nitrogen and oxygen atoms in total. The highest BCUT2D eigenvalue weighted by molar-refractivity contribution is 6.08. The molecule has 0 bridgehead atoms. The zero-order chi connectivity index (χ0) is 33.0. The molecule has 0 fully saturated rings. The van der Waals surface area contributed by atoms with Gasteiger partial charge in [-0.1, -0.05) is 84.9 Å². The van der Waals surface area contributed by atoms with Crippen molar-refractivity contribution in [2.24, 2.45) is 0 Å². The van der Waals surface area contributed by atoms with Crippen LogP contribution in [0.4, 0.5) is 34.1 Å². The quantitative estimate of drug-likeness (QED) is 0.181. The molecule has 0 radical (unpaired) electrons. The Kier molecular flexibility index (Phi) is 6.46. The lowest BCUT2D eigenvalue weighted by Crippen LogP contribution is -2.10. The minimum absolute atomic E-state index is 0.850. The molecule has 0 aliphatic heterocycles. The standard InChI is InChI=1S/C46H30N2O2/c1-3-11-33(12-4-1)47(34-13-5-2-6-14-34)35-21-19-31-20-22-36(28-32(31)27-35)48(37-23-25-41-39-15-7-9-17-43(39)49-45(41)29-37)38-24-26-42-40-16-8-10-18-44(40)50-46(42)30-38/h1-30H. The fourth-order valence-electron chi connectivity index (χ4n) is 7.26. The molecule has 0 unspecified atom stereocenters. The summed E-state index contributed by atoms with van der Waals surface area (Å²) in [5.41, 5.74) is 9.80. The number of hydrogen-bond acceptors (Lipinski definition) is 4.